The highest BCUT2D eigenvalue weighted by Crippen LogP contribution is 2.27. The first-order chi connectivity index (χ1) is 6.31. The zero-order chi connectivity index (χ0) is 9.26. The van der Waals surface area contributed by atoms with Crippen LogP contribution < -0.4 is 0 Å². The average molecular weight is 199 g/mol. The Morgan fingerprint density at radius 1 is 1.46 bits per heavy atom. The zero-order valence-corrected chi connectivity index (χ0v) is 7.92. The van der Waals surface area contributed by atoms with Gasteiger partial charge >= 0.3 is 0 Å². The van der Waals surface area contributed by atoms with E-state index in [1.807, 2.05) is 18.2 Å². The number of rotatable bonds is 2. The topological polar surface area (TPSA) is 29.5 Å². The molecule has 13 heavy (non-hydrogen) atoms. The molecule has 1 saturated heterocycles. The van der Waals surface area contributed by atoms with Gasteiger partial charge in [0.05, 0.1) is 19.8 Å². The summed E-state index contributed by atoms with van der Waals surface area (Å²) in [4.78, 5) is 0. The van der Waals surface area contributed by atoms with Crippen molar-refractivity contribution in [3.63, 3.8) is 0 Å². The maximum atomic E-state index is 8.91. The SMILES string of the molecule is OCc1ccc(C2COC2)cc1Cl. The second-order valence-corrected chi connectivity index (χ2v) is 3.65. The first kappa shape index (κ1) is 9.00. The van der Waals surface area contributed by atoms with E-state index in [1.165, 1.54) is 5.56 Å². The van der Waals surface area contributed by atoms with Gasteiger partial charge < -0.3 is 9.84 Å². The van der Waals surface area contributed by atoms with Crippen LogP contribution in [0.3, 0.4) is 0 Å². The lowest BCUT2D eigenvalue weighted by Crippen LogP contribution is -2.24. The van der Waals surface area contributed by atoms with E-state index in [0.717, 1.165) is 18.8 Å². The normalized spacial score (nSPS) is 17.1. The van der Waals surface area contributed by atoms with E-state index in [2.05, 4.69) is 0 Å². The highest BCUT2D eigenvalue weighted by Gasteiger charge is 2.20. The molecule has 0 atom stereocenters. The molecule has 1 aliphatic heterocycles. The molecule has 3 heteroatoms. The molecule has 0 unspecified atom stereocenters. The van der Waals surface area contributed by atoms with Crippen LogP contribution in [-0.4, -0.2) is 18.3 Å². The fraction of sp³-hybridized carbons (Fsp3) is 0.400. The fourth-order valence-electron chi connectivity index (χ4n) is 1.37. The van der Waals surface area contributed by atoms with Crippen molar-refractivity contribution >= 4 is 11.6 Å². The van der Waals surface area contributed by atoms with Crippen molar-refractivity contribution in [2.24, 2.45) is 0 Å². The summed E-state index contributed by atoms with van der Waals surface area (Å²) in [6, 6.07) is 5.79. The molecule has 0 spiro atoms. The summed E-state index contributed by atoms with van der Waals surface area (Å²) in [6.45, 7) is 1.57. The monoisotopic (exact) mass is 198 g/mol. The van der Waals surface area contributed by atoms with Crippen molar-refractivity contribution in [3.8, 4) is 0 Å². The summed E-state index contributed by atoms with van der Waals surface area (Å²) in [7, 11) is 0. The Bertz CT molecular complexity index is 308. The minimum Gasteiger partial charge on any atom is -0.392 e. The molecule has 0 amide bonds. The van der Waals surface area contributed by atoms with Gasteiger partial charge in [0.2, 0.25) is 0 Å². The molecule has 2 rings (SSSR count). The lowest BCUT2D eigenvalue weighted by atomic mass is 9.97. The molecule has 0 aromatic heterocycles. The average Bonchev–Trinajstić information content (AvgIpc) is 2.01. The fourth-order valence-corrected chi connectivity index (χ4v) is 1.62. The van der Waals surface area contributed by atoms with Crippen molar-refractivity contribution < 1.29 is 9.84 Å². The number of aliphatic hydroxyl groups excluding tert-OH is 1. The van der Waals surface area contributed by atoms with Crippen LogP contribution in [0.15, 0.2) is 18.2 Å². The zero-order valence-electron chi connectivity index (χ0n) is 7.16. The van der Waals surface area contributed by atoms with Crippen molar-refractivity contribution in [3.05, 3.63) is 34.3 Å². The van der Waals surface area contributed by atoms with E-state index in [1.54, 1.807) is 0 Å². The summed E-state index contributed by atoms with van der Waals surface area (Å²) in [5.41, 5.74) is 1.99. The molecule has 1 fully saturated rings. The highest BCUT2D eigenvalue weighted by atomic mass is 35.5. The molecular weight excluding hydrogens is 188 g/mol. The molecule has 1 N–H and O–H groups in total. The van der Waals surface area contributed by atoms with E-state index >= 15 is 0 Å². The van der Waals surface area contributed by atoms with E-state index in [4.69, 9.17) is 21.4 Å². The van der Waals surface area contributed by atoms with Gasteiger partial charge in [0.1, 0.15) is 0 Å². The third kappa shape index (κ3) is 1.70. The van der Waals surface area contributed by atoms with Crippen molar-refractivity contribution in [1.82, 2.24) is 0 Å². The summed E-state index contributed by atoms with van der Waals surface area (Å²) in [5.74, 6) is 0.491. The van der Waals surface area contributed by atoms with E-state index < -0.39 is 0 Å². The first-order valence-corrected chi connectivity index (χ1v) is 4.66. The molecule has 0 bridgehead atoms. The van der Waals surface area contributed by atoms with Crippen LogP contribution in [0.2, 0.25) is 5.02 Å². The Morgan fingerprint density at radius 3 is 2.69 bits per heavy atom. The minimum atomic E-state index is 0.000278. The van der Waals surface area contributed by atoms with Crippen LogP contribution in [-0.2, 0) is 11.3 Å². The van der Waals surface area contributed by atoms with Crippen molar-refractivity contribution in [1.29, 1.82) is 0 Å². The van der Waals surface area contributed by atoms with Crippen LogP contribution in [0.4, 0.5) is 0 Å². The highest BCUT2D eigenvalue weighted by molar-refractivity contribution is 6.31. The third-order valence-corrected chi connectivity index (χ3v) is 2.71. The van der Waals surface area contributed by atoms with Gasteiger partial charge in [-0.15, -0.1) is 0 Å². The minimum absolute atomic E-state index is 0.000278. The number of aliphatic hydroxyl groups is 1. The number of hydrogen-bond acceptors (Lipinski definition) is 2. The molecule has 0 radical (unpaired) electrons. The third-order valence-electron chi connectivity index (χ3n) is 2.36. The lowest BCUT2D eigenvalue weighted by Gasteiger charge is -2.26. The number of hydrogen-bond donors (Lipinski definition) is 1. The van der Waals surface area contributed by atoms with Crippen LogP contribution in [0, 0.1) is 0 Å². The standard InChI is InChI=1S/C10H11ClO2/c11-10-3-7(9-5-13-6-9)1-2-8(10)4-12/h1-3,9,12H,4-6H2. The molecule has 1 aromatic carbocycles. The van der Waals surface area contributed by atoms with Crippen LogP contribution in [0.1, 0.15) is 17.0 Å². The quantitative estimate of drug-likeness (QED) is 0.787. The Morgan fingerprint density at radius 2 is 2.23 bits per heavy atom. The summed E-state index contributed by atoms with van der Waals surface area (Å²) >= 11 is 5.95. The molecule has 1 heterocycles. The predicted octanol–water partition coefficient (Wildman–Crippen LogP) is 1.95. The summed E-state index contributed by atoms with van der Waals surface area (Å²) in [6.07, 6.45) is 0. The Balaban J connectivity index is 2.24. The maximum absolute atomic E-state index is 8.91. The number of halogens is 1. The Hall–Kier alpha value is -0.570. The Labute approximate surface area is 82.1 Å². The number of benzene rings is 1. The van der Waals surface area contributed by atoms with Crippen LogP contribution in [0.5, 0.6) is 0 Å². The van der Waals surface area contributed by atoms with Gasteiger partial charge in [0.25, 0.3) is 0 Å². The molecule has 1 aromatic rings. The molecule has 70 valence electrons. The second-order valence-electron chi connectivity index (χ2n) is 3.24. The van der Waals surface area contributed by atoms with Crippen molar-refractivity contribution in [2.45, 2.75) is 12.5 Å². The first-order valence-electron chi connectivity index (χ1n) is 4.28. The summed E-state index contributed by atoms with van der Waals surface area (Å²) in [5, 5.41) is 9.56. The number of ether oxygens (including phenoxy) is 1. The molecule has 0 saturated carbocycles. The van der Waals surface area contributed by atoms with Gasteiger partial charge in [-0.3, -0.25) is 0 Å². The van der Waals surface area contributed by atoms with Gasteiger partial charge in [-0.25, -0.2) is 0 Å². The lowest BCUT2D eigenvalue weighted by molar-refractivity contribution is 0.00841. The van der Waals surface area contributed by atoms with Crippen molar-refractivity contribution in [2.75, 3.05) is 13.2 Å². The van der Waals surface area contributed by atoms with E-state index in [0.29, 0.717) is 10.9 Å². The van der Waals surface area contributed by atoms with Gasteiger partial charge in [0, 0.05) is 10.9 Å². The van der Waals surface area contributed by atoms with Crippen LogP contribution >= 0.6 is 11.6 Å². The Kier molecular flexibility index (Phi) is 2.54. The van der Waals surface area contributed by atoms with Gasteiger partial charge in [-0.05, 0) is 17.2 Å². The molecule has 1 aliphatic rings. The maximum Gasteiger partial charge on any atom is 0.0696 e. The largest absolute Gasteiger partial charge is 0.392 e. The molecule has 0 aliphatic carbocycles. The van der Waals surface area contributed by atoms with Gasteiger partial charge in [-0.1, -0.05) is 23.7 Å². The molecule has 2 nitrogen and oxygen atoms in total. The second kappa shape index (κ2) is 3.66. The molecular formula is C10H11ClO2. The van der Waals surface area contributed by atoms with Gasteiger partial charge in [-0.2, -0.15) is 0 Å². The predicted molar refractivity (Wildman–Crippen MR) is 50.9 cm³/mol. The van der Waals surface area contributed by atoms with E-state index in [-0.39, 0.29) is 6.61 Å². The van der Waals surface area contributed by atoms with Crippen LogP contribution in [0.25, 0.3) is 0 Å². The summed E-state index contributed by atoms with van der Waals surface area (Å²) < 4.78 is 5.09. The van der Waals surface area contributed by atoms with E-state index in [9.17, 15) is 0 Å². The van der Waals surface area contributed by atoms with Gasteiger partial charge in [0.15, 0.2) is 0 Å². The smallest absolute Gasteiger partial charge is 0.0696 e.